The molecule has 0 saturated carbocycles. The molecule has 0 atom stereocenters. The van der Waals surface area contributed by atoms with Crippen molar-refractivity contribution in [3.05, 3.63) is 333 Å². The first kappa shape index (κ1) is 61.9. The van der Waals surface area contributed by atoms with Crippen LogP contribution in [0.15, 0.2) is 328 Å². The average Bonchev–Trinajstić information content (AvgIpc) is 1.54. The number of hydrogen-bond donors (Lipinski definition) is 1. The molecule has 0 aliphatic heterocycles. The van der Waals surface area contributed by atoms with E-state index in [9.17, 15) is 0 Å². The van der Waals surface area contributed by atoms with Crippen LogP contribution in [0.3, 0.4) is 0 Å². The summed E-state index contributed by atoms with van der Waals surface area (Å²) in [6.07, 6.45) is 0. The van der Waals surface area contributed by atoms with Crippen molar-refractivity contribution in [2.75, 3.05) is 0 Å². The van der Waals surface area contributed by atoms with Crippen LogP contribution >= 0.6 is 56.9 Å². The SMILES string of the molecule is Clc1nc(-c2ccc3cc(-c4ccccc4)ccc3c2)c2c(n1)sc1ccccc12.c1ccc(-c2ccc3cc(-c4nc(-n5c6ccccc6c6c7c8ccccc8sc7c7ccccc7c65)nc5sc6ccccc6c45)ccc3c2)cc1.c1ccc2c(c1)[nH]c1c3ccccc3c3sc4ccccc4c3c21. The Morgan fingerprint density at radius 3 is 1.21 bits per heavy atom. The third-order valence-electron chi connectivity index (χ3n) is 21.2. The maximum absolute atomic E-state index is 6.29. The number of H-pyrrole nitrogens is 1. The van der Waals surface area contributed by atoms with E-state index in [0.717, 1.165) is 54.0 Å². The summed E-state index contributed by atoms with van der Waals surface area (Å²) in [6, 6.07) is 117. The molecule has 107 heavy (non-hydrogen) atoms. The van der Waals surface area contributed by atoms with Crippen LogP contribution in [0.4, 0.5) is 0 Å². The van der Waals surface area contributed by atoms with E-state index in [1.54, 1.807) is 22.7 Å². The molecule has 8 heterocycles. The van der Waals surface area contributed by atoms with E-state index in [4.69, 9.17) is 21.6 Å². The van der Waals surface area contributed by atoms with Gasteiger partial charge in [0, 0.05) is 131 Å². The highest BCUT2D eigenvalue weighted by Gasteiger charge is 2.26. The van der Waals surface area contributed by atoms with Crippen LogP contribution in [0.5, 0.6) is 0 Å². The summed E-state index contributed by atoms with van der Waals surface area (Å²) in [7, 11) is 0. The summed E-state index contributed by atoms with van der Waals surface area (Å²) in [4.78, 5) is 25.8. The molecule has 0 unspecified atom stereocenters. The quantitative estimate of drug-likeness (QED) is 0.174. The number of rotatable bonds is 5. The topological polar surface area (TPSA) is 72.3 Å². The van der Waals surface area contributed by atoms with E-state index >= 15 is 0 Å². The van der Waals surface area contributed by atoms with E-state index in [1.807, 2.05) is 34.8 Å². The Kier molecular flexibility index (Phi) is 14.4. The molecular weight excluding hydrogens is 1400 g/mol. The van der Waals surface area contributed by atoms with Gasteiger partial charge in [0.15, 0.2) is 0 Å². The van der Waals surface area contributed by atoms with Gasteiger partial charge in [0.2, 0.25) is 11.2 Å². The number of aromatic amines is 1. The maximum atomic E-state index is 6.29. The van der Waals surface area contributed by atoms with E-state index in [-0.39, 0.29) is 5.28 Å². The van der Waals surface area contributed by atoms with Gasteiger partial charge in [-0.25, -0.2) is 19.9 Å². The third-order valence-corrected chi connectivity index (χ3v) is 25.9. The minimum atomic E-state index is 0.281. The molecule has 0 aliphatic carbocycles. The molecule has 6 nitrogen and oxygen atoms in total. The average molecular weight is 1460 g/mol. The Morgan fingerprint density at radius 1 is 0.271 bits per heavy atom. The van der Waals surface area contributed by atoms with Gasteiger partial charge < -0.3 is 4.98 Å². The second-order valence-corrected chi connectivity index (χ2v) is 31.8. The molecule has 24 aromatic rings. The molecular formula is C96H55ClN6S4. The number of benzene rings is 16. The molecule has 24 rings (SSSR count). The fraction of sp³-hybridized carbons (Fsp3) is 0. The molecule has 16 aromatic carbocycles. The van der Waals surface area contributed by atoms with Gasteiger partial charge >= 0.3 is 0 Å². The Balaban J connectivity index is 0.000000111. The molecule has 0 bridgehead atoms. The van der Waals surface area contributed by atoms with Crippen molar-refractivity contribution in [1.29, 1.82) is 0 Å². The van der Waals surface area contributed by atoms with Gasteiger partial charge in [-0.15, -0.1) is 45.3 Å². The molecule has 0 aliphatic rings. The highest BCUT2D eigenvalue weighted by Crippen LogP contribution is 2.51. The van der Waals surface area contributed by atoms with Crippen molar-refractivity contribution < 1.29 is 0 Å². The molecule has 0 amide bonds. The van der Waals surface area contributed by atoms with E-state index in [2.05, 4.69) is 335 Å². The number of para-hydroxylation sites is 2. The Labute approximate surface area is 632 Å². The van der Waals surface area contributed by atoms with Crippen LogP contribution in [0.1, 0.15) is 0 Å². The lowest BCUT2D eigenvalue weighted by Gasteiger charge is -2.12. The van der Waals surface area contributed by atoms with E-state index in [1.165, 1.54) is 158 Å². The van der Waals surface area contributed by atoms with Crippen LogP contribution in [-0.2, 0) is 0 Å². The van der Waals surface area contributed by atoms with Crippen LogP contribution in [0, 0.1) is 0 Å². The lowest BCUT2D eigenvalue weighted by molar-refractivity contribution is 1.02. The van der Waals surface area contributed by atoms with Gasteiger partial charge in [0.05, 0.1) is 27.9 Å². The zero-order chi connectivity index (χ0) is 70.4. The molecule has 0 fully saturated rings. The summed E-state index contributed by atoms with van der Waals surface area (Å²) >= 11 is 13.5. The van der Waals surface area contributed by atoms with Crippen molar-refractivity contribution in [1.82, 2.24) is 29.5 Å². The highest BCUT2D eigenvalue weighted by atomic mass is 35.5. The molecule has 500 valence electrons. The van der Waals surface area contributed by atoms with Crippen LogP contribution in [0.2, 0.25) is 5.28 Å². The van der Waals surface area contributed by atoms with Crippen molar-refractivity contribution >= 4 is 225 Å². The second-order valence-electron chi connectivity index (χ2n) is 27.2. The largest absolute Gasteiger partial charge is 0.354 e. The third kappa shape index (κ3) is 10.0. The standard InChI is InChI=1S/C48H27N3S2.C26H15ClN2S.C22H13NS/c1-2-12-28(13-3-1)29-22-23-31-27-32(25-24-30(31)26-29)44-43-37-18-8-11-21-40(37)53-47(43)50-48(49-44)51-38-19-9-6-16-35(38)41-42-36-17-7-10-20-39(36)52-46(42)34-15-5-4-14-33(34)45(41)51;27-26-28-24(23-21-8-4-5-9-22(21)30-25(23)29-26)20-13-12-18-14-17(10-11-19(18)15-20)16-6-2-1-3-7-16;1-2-8-14-13(7-1)21-19(15-9-3-5-11-17(15)23-21)20-16-10-4-6-12-18(16)24-22(14)20/h1-27H;1-15H;1-12,23H. The van der Waals surface area contributed by atoms with Crippen LogP contribution in [0.25, 0.3) is 218 Å². The number of nitrogens with one attached hydrogen (secondary N) is 1. The molecule has 0 saturated heterocycles. The smallest absolute Gasteiger partial charge is 0.236 e. The van der Waals surface area contributed by atoms with Crippen molar-refractivity contribution in [3.8, 4) is 50.7 Å². The normalized spacial score (nSPS) is 12.0. The highest BCUT2D eigenvalue weighted by molar-refractivity contribution is 7.28. The number of fused-ring (bicyclic) bond motifs is 28. The Bertz CT molecular complexity index is 7690. The minimum absolute atomic E-state index is 0.281. The molecule has 1 N–H and O–H groups in total. The van der Waals surface area contributed by atoms with Crippen molar-refractivity contribution in [3.63, 3.8) is 0 Å². The van der Waals surface area contributed by atoms with Gasteiger partial charge in [-0.1, -0.05) is 267 Å². The monoisotopic (exact) mass is 1450 g/mol. The Hall–Kier alpha value is -12.5. The van der Waals surface area contributed by atoms with Gasteiger partial charge in [-0.2, -0.15) is 0 Å². The zero-order valence-electron chi connectivity index (χ0n) is 56.9. The van der Waals surface area contributed by atoms with Gasteiger partial charge in [0.1, 0.15) is 9.66 Å². The van der Waals surface area contributed by atoms with Crippen LogP contribution in [-0.4, -0.2) is 29.5 Å². The van der Waals surface area contributed by atoms with Gasteiger partial charge in [-0.3, -0.25) is 4.57 Å². The minimum Gasteiger partial charge on any atom is -0.354 e. The maximum Gasteiger partial charge on any atom is 0.236 e. The molecule has 0 radical (unpaired) electrons. The number of aromatic nitrogens is 6. The molecule has 11 heteroatoms. The number of hydrogen-bond acceptors (Lipinski definition) is 8. The lowest BCUT2D eigenvalue weighted by Crippen LogP contribution is -2.03. The summed E-state index contributed by atoms with van der Waals surface area (Å²) in [5, 5.41) is 25.2. The van der Waals surface area contributed by atoms with Crippen LogP contribution < -0.4 is 0 Å². The number of thiophene rings is 4. The van der Waals surface area contributed by atoms with E-state index in [0.29, 0.717) is 5.95 Å². The number of nitrogens with zero attached hydrogens (tertiary/aromatic N) is 5. The zero-order valence-corrected chi connectivity index (χ0v) is 60.9. The first-order valence-corrected chi connectivity index (χ1v) is 39.3. The predicted molar refractivity (Wildman–Crippen MR) is 463 cm³/mol. The summed E-state index contributed by atoms with van der Waals surface area (Å²) in [5.74, 6) is 0.689. The van der Waals surface area contributed by atoms with Crippen molar-refractivity contribution in [2.24, 2.45) is 0 Å². The lowest BCUT2D eigenvalue weighted by atomic mass is 9.98. The van der Waals surface area contributed by atoms with Crippen molar-refractivity contribution in [2.45, 2.75) is 0 Å². The summed E-state index contributed by atoms with van der Waals surface area (Å²) in [5.41, 5.74) is 13.6. The van der Waals surface area contributed by atoms with E-state index < -0.39 is 0 Å². The van der Waals surface area contributed by atoms with Gasteiger partial charge in [0.25, 0.3) is 0 Å². The fourth-order valence-corrected chi connectivity index (χ4v) is 21.3. The first-order chi connectivity index (χ1) is 53.0. The van der Waals surface area contributed by atoms with Gasteiger partial charge in [-0.05, 0) is 116 Å². The first-order valence-electron chi connectivity index (χ1n) is 35.7. The second kappa shape index (κ2) is 24.8. The summed E-state index contributed by atoms with van der Waals surface area (Å²) in [6.45, 7) is 0. The molecule has 0 spiro atoms. The molecule has 8 aromatic heterocycles. The Morgan fingerprint density at radius 2 is 0.664 bits per heavy atom. The predicted octanol–water partition coefficient (Wildman–Crippen LogP) is 28.8. The fourth-order valence-electron chi connectivity index (χ4n) is 16.4. The summed E-state index contributed by atoms with van der Waals surface area (Å²) < 4.78 is 10.1. The number of halogens is 1.